The maximum Gasteiger partial charge on any atom is 0.0958 e. The Balaban J connectivity index is 2.12. The molecule has 0 aromatic heterocycles. The van der Waals surface area contributed by atoms with E-state index in [4.69, 9.17) is 4.74 Å². The minimum atomic E-state index is 0.107. The van der Waals surface area contributed by atoms with E-state index in [1.807, 2.05) is 0 Å². The Morgan fingerprint density at radius 1 is 1.47 bits per heavy atom. The van der Waals surface area contributed by atoms with E-state index in [1.165, 1.54) is 25.0 Å². The number of hydrogen-bond acceptors (Lipinski definition) is 3. The van der Waals surface area contributed by atoms with Crippen LogP contribution in [-0.4, -0.2) is 35.8 Å². The number of nitrogens with one attached hydrogen (secondary N) is 1. The minimum Gasteiger partial charge on any atom is -0.371 e. The first-order chi connectivity index (χ1) is 8.00. The highest BCUT2D eigenvalue weighted by Gasteiger charge is 2.50. The van der Waals surface area contributed by atoms with Crippen molar-refractivity contribution < 1.29 is 4.74 Å². The van der Waals surface area contributed by atoms with E-state index in [0.717, 1.165) is 13.2 Å². The molecule has 2 saturated heterocycles. The summed E-state index contributed by atoms with van der Waals surface area (Å²) >= 11 is 2.07. The van der Waals surface area contributed by atoms with Crippen molar-refractivity contribution in [2.24, 2.45) is 5.41 Å². The molecule has 2 rings (SSSR count). The molecule has 1 N–H and O–H groups in total. The topological polar surface area (TPSA) is 21.3 Å². The highest BCUT2D eigenvalue weighted by molar-refractivity contribution is 8.00. The first-order valence-corrected chi connectivity index (χ1v) is 8.04. The van der Waals surface area contributed by atoms with Crippen molar-refractivity contribution in [2.75, 3.05) is 18.9 Å². The molecule has 0 amide bonds. The lowest BCUT2D eigenvalue weighted by Crippen LogP contribution is -2.61. The standard InChI is InChI=1S/C14H27NOS/c1-5-13(3,4)10-12-14(16-8-7-15-12)6-9-17-11(14)2/h11-12,15H,5-10H2,1-4H3. The van der Waals surface area contributed by atoms with Gasteiger partial charge in [0.1, 0.15) is 0 Å². The van der Waals surface area contributed by atoms with Crippen LogP contribution in [0.2, 0.25) is 0 Å². The summed E-state index contributed by atoms with van der Waals surface area (Å²) in [6.07, 6.45) is 3.69. The number of morpholine rings is 1. The van der Waals surface area contributed by atoms with Crippen molar-refractivity contribution in [1.29, 1.82) is 0 Å². The van der Waals surface area contributed by atoms with E-state index in [9.17, 15) is 0 Å². The molecule has 2 heterocycles. The van der Waals surface area contributed by atoms with Crippen LogP contribution < -0.4 is 5.32 Å². The Labute approximate surface area is 110 Å². The van der Waals surface area contributed by atoms with Gasteiger partial charge in [0.05, 0.1) is 12.2 Å². The highest BCUT2D eigenvalue weighted by atomic mass is 32.2. The smallest absolute Gasteiger partial charge is 0.0958 e. The second-order valence-corrected chi connectivity index (χ2v) is 7.74. The fraction of sp³-hybridized carbons (Fsp3) is 1.00. The summed E-state index contributed by atoms with van der Waals surface area (Å²) in [7, 11) is 0. The zero-order valence-corrected chi connectivity index (χ0v) is 12.5. The Hall–Kier alpha value is 0.270. The number of hydrogen-bond donors (Lipinski definition) is 1. The van der Waals surface area contributed by atoms with Crippen molar-refractivity contribution in [2.45, 2.75) is 63.9 Å². The van der Waals surface area contributed by atoms with E-state index in [2.05, 4.69) is 44.8 Å². The van der Waals surface area contributed by atoms with E-state index >= 15 is 0 Å². The molecule has 0 aromatic rings. The average molecular weight is 257 g/mol. The first-order valence-electron chi connectivity index (χ1n) is 6.99. The predicted octanol–water partition coefficient (Wildman–Crippen LogP) is 3.07. The van der Waals surface area contributed by atoms with Gasteiger partial charge in [0.2, 0.25) is 0 Å². The van der Waals surface area contributed by atoms with Gasteiger partial charge in [-0.05, 0) is 24.0 Å². The number of thioether (sulfide) groups is 1. The molecule has 100 valence electrons. The summed E-state index contributed by atoms with van der Waals surface area (Å²) in [5.41, 5.74) is 0.522. The molecule has 2 aliphatic heterocycles. The Morgan fingerprint density at radius 3 is 2.82 bits per heavy atom. The lowest BCUT2D eigenvalue weighted by Gasteiger charge is -2.47. The van der Waals surface area contributed by atoms with E-state index in [-0.39, 0.29) is 5.60 Å². The number of ether oxygens (including phenoxy) is 1. The quantitative estimate of drug-likeness (QED) is 0.839. The second-order valence-electron chi connectivity index (χ2n) is 6.30. The van der Waals surface area contributed by atoms with Gasteiger partial charge in [-0.2, -0.15) is 11.8 Å². The van der Waals surface area contributed by atoms with Crippen LogP contribution in [0.5, 0.6) is 0 Å². The van der Waals surface area contributed by atoms with Crippen molar-refractivity contribution in [3.8, 4) is 0 Å². The van der Waals surface area contributed by atoms with Gasteiger partial charge in [0.15, 0.2) is 0 Å². The molecule has 3 unspecified atom stereocenters. The molecular weight excluding hydrogens is 230 g/mol. The molecule has 2 aliphatic rings. The van der Waals surface area contributed by atoms with Crippen LogP contribution >= 0.6 is 11.8 Å². The van der Waals surface area contributed by atoms with Gasteiger partial charge in [-0.15, -0.1) is 0 Å². The summed E-state index contributed by atoms with van der Waals surface area (Å²) in [6, 6.07) is 0.538. The molecule has 1 spiro atoms. The normalized spacial score (nSPS) is 38.8. The summed E-state index contributed by atoms with van der Waals surface area (Å²) < 4.78 is 6.26. The molecule has 3 atom stereocenters. The minimum absolute atomic E-state index is 0.107. The first kappa shape index (κ1) is 13.7. The lowest BCUT2D eigenvalue weighted by atomic mass is 9.75. The van der Waals surface area contributed by atoms with Crippen LogP contribution in [0, 0.1) is 5.41 Å². The summed E-state index contributed by atoms with van der Waals surface area (Å²) in [4.78, 5) is 0. The highest BCUT2D eigenvalue weighted by Crippen LogP contribution is 2.45. The average Bonchev–Trinajstić information content (AvgIpc) is 2.65. The number of rotatable bonds is 3. The maximum absolute atomic E-state index is 6.26. The molecule has 0 saturated carbocycles. The Kier molecular flexibility index (Phi) is 4.11. The van der Waals surface area contributed by atoms with Gasteiger partial charge >= 0.3 is 0 Å². The fourth-order valence-electron chi connectivity index (χ4n) is 3.08. The molecule has 17 heavy (non-hydrogen) atoms. The third-order valence-electron chi connectivity index (χ3n) is 4.72. The fourth-order valence-corrected chi connectivity index (χ4v) is 4.50. The second kappa shape index (κ2) is 5.10. The van der Waals surface area contributed by atoms with Crippen LogP contribution in [0.25, 0.3) is 0 Å². The molecule has 0 aromatic carbocycles. The van der Waals surface area contributed by atoms with E-state index in [1.54, 1.807) is 0 Å². The van der Waals surface area contributed by atoms with Crippen LogP contribution in [0.4, 0.5) is 0 Å². The molecule has 0 radical (unpaired) electrons. The zero-order chi connectivity index (χ0) is 12.5. The molecule has 0 aliphatic carbocycles. The molecule has 0 bridgehead atoms. The molecule has 3 heteroatoms. The van der Waals surface area contributed by atoms with Crippen LogP contribution in [0.3, 0.4) is 0 Å². The van der Waals surface area contributed by atoms with Crippen molar-refractivity contribution in [3.63, 3.8) is 0 Å². The SMILES string of the molecule is CCC(C)(C)CC1NCCOC12CCSC2C. The summed E-state index contributed by atoms with van der Waals surface area (Å²) in [5.74, 6) is 1.26. The third kappa shape index (κ3) is 2.66. The van der Waals surface area contributed by atoms with Gasteiger partial charge in [-0.3, -0.25) is 0 Å². The Bertz CT molecular complexity index is 269. The van der Waals surface area contributed by atoms with Crippen molar-refractivity contribution >= 4 is 11.8 Å². The van der Waals surface area contributed by atoms with Gasteiger partial charge in [-0.1, -0.05) is 34.1 Å². The monoisotopic (exact) mass is 257 g/mol. The van der Waals surface area contributed by atoms with Gasteiger partial charge < -0.3 is 10.1 Å². The molecule has 2 fully saturated rings. The van der Waals surface area contributed by atoms with Crippen LogP contribution in [0.1, 0.15) is 47.0 Å². The van der Waals surface area contributed by atoms with E-state index in [0.29, 0.717) is 16.7 Å². The van der Waals surface area contributed by atoms with Crippen LogP contribution in [-0.2, 0) is 4.74 Å². The zero-order valence-electron chi connectivity index (χ0n) is 11.7. The van der Waals surface area contributed by atoms with Crippen molar-refractivity contribution in [1.82, 2.24) is 5.32 Å². The lowest BCUT2D eigenvalue weighted by molar-refractivity contribution is -0.101. The maximum atomic E-state index is 6.26. The summed E-state index contributed by atoms with van der Waals surface area (Å²) in [6.45, 7) is 11.3. The van der Waals surface area contributed by atoms with Crippen molar-refractivity contribution in [3.05, 3.63) is 0 Å². The largest absolute Gasteiger partial charge is 0.371 e. The third-order valence-corrected chi connectivity index (χ3v) is 6.05. The van der Waals surface area contributed by atoms with E-state index < -0.39 is 0 Å². The van der Waals surface area contributed by atoms with Gasteiger partial charge in [0, 0.05) is 17.8 Å². The van der Waals surface area contributed by atoms with Gasteiger partial charge in [-0.25, -0.2) is 0 Å². The van der Waals surface area contributed by atoms with Crippen LogP contribution in [0.15, 0.2) is 0 Å². The molecule has 2 nitrogen and oxygen atoms in total. The molecular formula is C14H27NOS. The van der Waals surface area contributed by atoms with Gasteiger partial charge in [0.25, 0.3) is 0 Å². The summed E-state index contributed by atoms with van der Waals surface area (Å²) in [5, 5.41) is 4.37. The predicted molar refractivity (Wildman–Crippen MR) is 75.7 cm³/mol. The Morgan fingerprint density at radius 2 is 2.24 bits per heavy atom.